The van der Waals surface area contributed by atoms with Crippen LogP contribution in [0.5, 0.6) is 0 Å². The van der Waals surface area contributed by atoms with Gasteiger partial charge in [-0.1, -0.05) is 34.1 Å². The molecule has 0 aromatic rings. The summed E-state index contributed by atoms with van der Waals surface area (Å²) in [6.45, 7) is 14.2. The van der Waals surface area contributed by atoms with Gasteiger partial charge in [0.05, 0.1) is 0 Å². The Morgan fingerprint density at radius 2 is 1.81 bits per heavy atom. The number of hydrogen-bond donors (Lipinski definition) is 1. The van der Waals surface area contributed by atoms with E-state index in [0.29, 0.717) is 11.5 Å². The number of rotatable bonds is 6. The van der Waals surface area contributed by atoms with Crippen molar-refractivity contribution in [2.75, 3.05) is 26.2 Å². The molecule has 16 heavy (non-hydrogen) atoms. The molecule has 0 aromatic heterocycles. The van der Waals surface area contributed by atoms with E-state index in [0.717, 1.165) is 6.54 Å². The summed E-state index contributed by atoms with van der Waals surface area (Å²) in [5.41, 5.74) is 0.621. The van der Waals surface area contributed by atoms with E-state index in [2.05, 4.69) is 37.9 Å². The largest absolute Gasteiger partial charge is 0.313 e. The van der Waals surface area contributed by atoms with Crippen LogP contribution in [0.2, 0.25) is 0 Å². The summed E-state index contributed by atoms with van der Waals surface area (Å²) in [5.74, 6) is 0. The second-order valence-corrected chi connectivity index (χ2v) is 5.63. The molecule has 0 radical (unpaired) electrons. The molecule has 0 aromatic carbocycles. The highest BCUT2D eigenvalue weighted by Crippen LogP contribution is 2.33. The molecule has 1 unspecified atom stereocenters. The number of nitrogens with zero attached hydrogens (tertiary/aromatic N) is 1. The first-order valence-electron chi connectivity index (χ1n) is 7.09. The molecule has 1 rings (SSSR count). The Kier molecular flexibility index (Phi) is 5.77. The smallest absolute Gasteiger partial charge is 0.0192 e. The highest BCUT2D eigenvalue weighted by Gasteiger charge is 2.28. The summed E-state index contributed by atoms with van der Waals surface area (Å²) < 4.78 is 0. The normalized spacial score (nSPS) is 23.2. The SMILES string of the molecule is CCNC(CC)CN1CCC(C)(CC)CC1. The molecule has 0 saturated carbocycles. The van der Waals surface area contributed by atoms with Gasteiger partial charge in [0.25, 0.3) is 0 Å². The highest BCUT2D eigenvalue weighted by atomic mass is 15.2. The zero-order valence-electron chi connectivity index (χ0n) is 11.7. The maximum atomic E-state index is 3.57. The Balaban J connectivity index is 2.30. The molecule has 1 N–H and O–H groups in total. The van der Waals surface area contributed by atoms with Gasteiger partial charge in [-0.25, -0.2) is 0 Å². The first-order chi connectivity index (χ1) is 7.63. The molecule has 1 aliphatic heterocycles. The molecular formula is C14H30N2. The van der Waals surface area contributed by atoms with Crippen molar-refractivity contribution < 1.29 is 0 Å². The van der Waals surface area contributed by atoms with Crippen molar-refractivity contribution in [1.29, 1.82) is 0 Å². The summed E-state index contributed by atoms with van der Waals surface area (Å²) in [5, 5.41) is 3.57. The van der Waals surface area contributed by atoms with E-state index in [9.17, 15) is 0 Å². The maximum Gasteiger partial charge on any atom is 0.0192 e. The van der Waals surface area contributed by atoms with Crippen LogP contribution >= 0.6 is 0 Å². The van der Waals surface area contributed by atoms with Crippen molar-refractivity contribution >= 4 is 0 Å². The van der Waals surface area contributed by atoms with Gasteiger partial charge in [-0.05, 0) is 44.3 Å². The van der Waals surface area contributed by atoms with Gasteiger partial charge in [-0.15, -0.1) is 0 Å². The lowest BCUT2D eigenvalue weighted by Gasteiger charge is -2.40. The molecule has 1 atom stereocenters. The Hall–Kier alpha value is -0.0800. The third-order valence-electron chi connectivity index (χ3n) is 4.38. The van der Waals surface area contributed by atoms with Gasteiger partial charge < -0.3 is 10.2 Å². The monoisotopic (exact) mass is 226 g/mol. The van der Waals surface area contributed by atoms with Crippen molar-refractivity contribution in [2.45, 2.75) is 59.4 Å². The number of nitrogens with one attached hydrogen (secondary N) is 1. The summed E-state index contributed by atoms with van der Waals surface area (Å²) in [4.78, 5) is 2.65. The molecular weight excluding hydrogens is 196 g/mol. The molecule has 0 aliphatic carbocycles. The average Bonchev–Trinajstić information content (AvgIpc) is 2.31. The van der Waals surface area contributed by atoms with Crippen LogP contribution in [-0.4, -0.2) is 37.1 Å². The number of likely N-dealkylation sites (tertiary alicyclic amines) is 1. The van der Waals surface area contributed by atoms with Crippen molar-refractivity contribution in [3.63, 3.8) is 0 Å². The van der Waals surface area contributed by atoms with Gasteiger partial charge in [-0.3, -0.25) is 0 Å². The molecule has 0 amide bonds. The average molecular weight is 226 g/mol. The Labute approximate surface area is 102 Å². The summed E-state index contributed by atoms with van der Waals surface area (Å²) in [6, 6.07) is 0.691. The lowest BCUT2D eigenvalue weighted by atomic mass is 9.78. The van der Waals surface area contributed by atoms with Crippen molar-refractivity contribution in [2.24, 2.45) is 5.41 Å². The molecule has 1 aliphatic rings. The van der Waals surface area contributed by atoms with Crippen molar-refractivity contribution in [1.82, 2.24) is 10.2 Å². The third kappa shape index (κ3) is 4.06. The fourth-order valence-electron chi connectivity index (χ4n) is 2.57. The summed E-state index contributed by atoms with van der Waals surface area (Å²) in [6.07, 6.45) is 5.35. The van der Waals surface area contributed by atoms with Gasteiger partial charge >= 0.3 is 0 Å². The molecule has 1 saturated heterocycles. The van der Waals surface area contributed by atoms with Crippen LogP contribution in [0.4, 0.5) is 0 Å². The molecule has 1 fully saturated rings. The van der Waals surface area contributed by atoms with E-state index in [4.69, 9.17) is 0 Å². The van der Waals surface area contributed by atoms with Crippen molar-refractivity contribution in [3.05, 3.63) is 0 Å². The van der Waals surface area contributed by atoms with Crippen LogP contribution in [-0.2, 0) is 0 Å². The van der Waals surface area contributed by atoms with E-state index in [1.54, 1.807) is 0 Å². The fraction of sp³-hybridized carbons (Fsp3) is 1.00. The van der Waals surface area contributed by atoms with Gasteiger partial charge in [-0.2, -0.15) is 0 Å². The van der Waals surface area contributed by atoms with E-state index < -0.39 is 0 Å². The predicted molar refractivity (Wildman–Crippen MR) is 71.8 cm³/mol. The third-order valence-corrected chi connectivity index (χ3v) is 4.38. The van der Waals surface area contributed by atoms with Gasteiger partial charge in [0.2, 0.25) is 0 Å². The number of piperidine rings is 1. The molecule has 2 heteroatoms. The standard InChI is InChI=1S/C14H30N2/c1-5-13(15-7-3)12-16-10-8-14(4,6-2)9-11-16/h13,15H,5-12H2,1-4H3. The molecule has 2 nitrogen and oxygen atoms in total. The highest BCUT2D eigenvalue weighted by molar-refractivity contribution is 4.83. The van der Waals surface area contributed by atoms with Crippen LogP contribution in [0.3, 0.4) is 0 Å². The Morgan fingerprint density at radius 3 is 2.25 bits per heavy atom. The Bertz CT molecular complexity index is 183. The zero-order valence-corrected chi connectivity index (χ0v) is 11.7. The first kappa shape index (κ1) is 14.0. The fourth-order valence-corrected chi connectivity index (χ4v) is 2.57. The second kappa shape index (κ2) is 6.61. The minimum Gasteiger partial charge on any atom is -0.313 e. The minimum atomic E-state index is 0.621. The van der Waals surface area contributed by atoms with E-state index in [-0.39, 0.29) is 0 Å². The van der Waals surface area contributed by atoms with Crippen LogP contribution < -0.4 is 5.32 Å². The lowest BCUT2D eigenvalue weighted by molar-refractivity contribution is 0.106. The van der Waals surface area contributed by atoms with Crippen LogP contribution in [0, 0.1) is 5.41 Å². The number of likely N-dealkylation sites (N-methyl/N-ethyl adjacent to an activating group) is 1. The van der Waals surface area contributed by atoms with E-state index >= 15 is 0 Å². The summed E-state index contributed by atoms with van der Waals surface area (Å²) in [7, 11) is 0. The van der Waals surface area contributed by atoms with E-state index in [1.807, 2.05) is 0 Å². The van der Waals surface area contributed by atoms with Gasteiger partial charge in [0.15, 0.2) is 0 Å². The van der Waals surface area contributed by atoms with E-state index in [1.165, 1.54) is 45.3 Å². The van der Waals surface area contributed by atoms with Crippen LogP contribution in [0.15, 0.2) is 0 Å². The molecule has 96 valence electrons. The maximum absolute atomic E-state index is 3.57. The summed E-state index contributed by atoms with van der Waals surface area (Å²) >= 11 is 0. The van der Waals surface area contributed by atoms with Crippen LogP contribution in [0.1, 0.15) is 53.4 Å². The second-order valence-electron chi connectivity index (χ2n) is 5.63. The minimum absolute atomic E-state index is 0.621. The van der Waals surface area contributed by atoms with Crippen molar-refractivity contribution in [3.8, 4) is 0 Å². The lowest BCUT2D eigenvalue weighted by Crippen LogP contribution is -2.45. The quantitative estimate of drug-likeness (QED) is 0.749. The number of hydrogen-bond acceptors (Lipinski definition) is 2. The van der Waals surface area contributed by atoms with Gasteiger partial charge in [0.1, 0.15) is 0 Å². The molecule has 0 spiro atoms. The predicted octanol–water partition coefficient (Wildman–Crippen LogP) is 2.89. The topological polar surface area (TPSA) is 15.3 Å². The van der Waals surface area contributed by atoms with Gasteiger partial charge in [0, 0.05) is 12.6 Å². The first-order valence-corrected chi connectivity index (χ1v) is 7.09. The van der Waals surface area contributed by atoms with Crippen LogP contribution in [0.25, 0.3) is 0 Å². The zero-order chi connectivity index (χ0) is 12.0. The molecule has 0 bridgehead atoms. The molecule has 1 heterocycles. The Morgan fingerprint density at radius 1 is 1.19 bits per heavy atom.